The van der Waals surface area contributed by atoms with Gasteiger partial charge in [0.1, 0.15) is 12.9 Å². The van der Waals surface area contributed by atoms with E-state index in [4.69, 9.17) is 4.52 Å². The van der Waals surface area contributed by atoms with Crippen molar-refractivity contribution < 1.29 is 23.2 Å². The van der Waals surface area contributed by atoms with Crippen LogP contribution in [-0.4, -0.2) is 24.1 Å². The standard InChI is InChI=1S/C13H19FNO4P/c1-10(2)8-9-20(16,17)19-13(15-18-3)11-6-4-5-7-12(11)14/h4-7,10H,8-9H2,1-3H3,(H,16,17)/b15-13-. The first-order valence-corrected chi connectivity index (χ1v) is 7.99. The molecule has 0 amide bonds. The molecule has 5 nitrogen and oxygen atoms in total. The van der Waals surface area contributed by atoms with Crippen LogP contribution >= 0.6 is 7.60 Å². The molecule has 1 aromatic carbocycles. The number of halogens is 1. The van der Waals surface area contributed by atoms with Crippen LogP contribution in [0.5, 0.6) is 0 Å². The van der Waals surface area contributed by atoms with Crippen LogP contribution in [0.2, 0.25) is 0 Å². The molecule has 0 spiro atoms. The zero-order chi connectivity index (χ0) is 15.2. The van der Waals surface area contributed by atoms with Crippen molar-refractivity contribution in [3.05, 3.63) is 35.6 Å². The Morgan fingerprint density at radius 3 is 2.65 bits per heavy atom. The van der Waals surface area contributed by atoms with Crippen molar-refractivity contribution in [1.29, 1.82) is 0 Å². The number of hydrogen-bond donors (Lipinski definition) is 1. The van der Waals surface area contributed by atoms with Gasteiger partial charge in [0.25, 0.3) is 5.90 Å². The van der Waals surface area contributed by atoms with Gasteiger partial charge < -0.3 is 14.3 Å². The SMILES string of the molecule is CO/N=C(\OP(=O)(O)CCC(C)C)c1ccccc1F. The highest BCUT2D eigenvalue weighted by Crippen LogP contribution is 2.44. The van der Waals surface area contributed by atoms with Crippen LogP contribution < -0.4 is 0 Å². The van der Waals surface area contributed by atoms with E-state index in [9.17, 15) is 13.8 Å². The van der Waals surface area contributed by atoms with E-state index in [-0.39, 0.29) is 23.5 Å². The molecule has 1 aromatic rings. The molecular weight excluding hydrogens is 284 g/mol. The molecular formula is C13H19FNO4P. The van der Waals surface area contributed by atoms with Gasteiger partial charge in [-0.25, -0.2) is 8.96 Å². The number of benzene rings is 1. The summed E-state index contributed by atoms with van der Waals surface area (Å²) in [5.41, 5.74) is -0.0202. The van der Waals surface area contributed by atoms with Crippen LogP contribution in [0.25, 0.3) is 0 Å². The smallest absolute Gasteiger partial charge is 0.377 e. The average Bonchev–Trinajstić information content (AvgIpc) is 2.36. The van der Waals surface area contributed by atoms with E-state index < -0.39 is 13.4 Å². The van der Waals surface area contributed by atoms with Gasteiger partial charge in [0.15, 0.2) is 0 Å². The number of oxime groups is 1. The van der Waals surface area contributed by atoms with Gasteiger partial charge in [0.2, 0.25) is 0 Å². The van der Waals surface area contributed by atoms with Gasteiger partial charge in [0, 0.05) is 0 Å². The summed E-state index contributed by atoms with van der Waals surface area (Å²) >= 11 is 0. The zero-order valence-corrected chi connectivity index (χ0v) is 12.6. The van der Waals surface area contributed by atoms with Crippen molar-refractivity contribution >= 4 is 13.5 Å². The molecule has 1 atom stereocenters. The van der Waals surface area contributed by atoms with E-state index >= 15 is 0 Å². The molecule has 1 rings (SSSR count). The first kappa shape index (κ1) is 16.7. The fraction of sp³-hybridized carbons (Fsp3) is 0.462. The van der Waals surface area contributed by atoms with Crippen LogP contribution in [0.4, 0.5) is 4.39 Å². The fourth-order valence-corrected chi connectivity index (χ4v) is 2.77. The van der Waals surface area contributed by atoms with Gasteiger partial charge >= 0.3 is 7.60 Å². The van der Waals surface area contributed by atoms with Crippen molar-refractivity contribution in [2.75, 3.05) is 13.3 Å². The first-order chi connectivity index (χ1) is 9.35. The summed E-state index contributed by atoms with van der Waals surface area (Å²) < 4.78 is 30.6. The van der Waals surface area contributed by atoms with Crippen molar-refractivity contribution in [3.8, 4) is 0 Å². The highest BCUT2D eigenvalue weighted by atomic mass is 31.2. The number of nitrogens with zero attached hydrogens (tertiary/aromatic N) is 1. The molecule has 0 bridgehead atoms. The summed E-state index contributed by atoms with van der Waals surface area (Å²) in [5.74, 6) is -0.678. The van der Waals surface area contributed by atoms with Crippen molar-refractivity contribution in [3.63, 3.8) is 0 Å². The molecule has 0 saturated heterocycles. The van der Waals surface area contributed by atoms with E-state index in [1.165, 1.54) is 25.3 Å². The minimum atomic E-state index is -3.90. The molecule has 7 heteroatoms. The molecule has 1 N–H and O–H groups in total. The van der Waals surface area contributed by atoms with E-state index in [2.05, 4.69) is 9.99 Å². The number of hydrogen-bond acceptors (Lipinski definition) is 4. The summed E-state index contributed by atoms with van der Waals surface area (Å²) in [5, 5.41) is 3.49. The Balaban J connectivity index is 2.92. The van der Waals surface area contributed by atoms with Gasteiger partial charge in [-0.15, -0.1) is 0 Å². The largest absolute Gasteiger partial charge is 0.402 e. The second-order valence-corrected chi connectivity index (χ2v) is 6.60. The second-order valence-electron chi connectivity index (χ2n) is 4.69. The maximum Gasteiger partial charge on any atom is 0.377 e. The highest BCUT2D eigenvalue weighted by Gasteiger charge is 2.25. The molecule has 0 aliphatic heterocycles. The first-order valence-electron chi connectivity index (χ1n) is 6.23. The van der Waals surface area contributed by atoms with Crippen LogP contribution in [-0.2, 0) is 13.9 Å². The molecule has 0 saturated carbocycles. The molecule has 0 fully saturated rings. The van der Waals surface area contributed by atoms with Crippen LogP contribution in [0.1, 0.15) is 25.8 Å². The molecule has 0 heterocycles. The molecule has 1 unspecified atom stereocenters. The average molecular weight is 303 g/mol. The summed E-state index contributed by atoms with van der Waals surface area (Å²) in [4.78, 5) is 14.3. The van der Waals surface area contributed by atoms with E-state index in [0.717, 1.165) is 0 Å². The minimum Gasteiger partial charge on any atom is -0.402 e. The second kappa shape index (κ2) is 7.41. The molecule has 0 aliphatic rings. The maximum atomic E-state index is 13.7. The van der Waals surface area contributed by atoms with Gasteiger partial charge in [-0.2, -0.15) is 0 Å². The van der Waals surface area contributed by atoms with Crippen molar-refractivity contribution in [2.45, 2.75) is 20.3 Å². The van der Waals surface area contributed by atoms with Crippen LogP contribution in [0, 0.1) is 11.7 Å². The molecule has 0 radical (unpaired) electrons. The third-order valence-corrected chi connectivity index (χ3v) is 3.78. The van der Waals surface area contributed by atoms with E-state index in [1.54, 1.807) is 6.07 Å². The highest BCUT2D eigenvalue weighted by molar-refractivity contribution is 7.53. The third-order valence-electron chi connectivity index (χ3n) is 2.50. The molecule has 112 valence electrons. The lowest BCUT2D eigenvalue weighted by Gasteiger charge is -2.15. The Kier molecular flexibility index (Phi) is 6.17. The lowest BCUT2D eigenvalue weighted by molar-refractivity contribution is 0.204. The molecule has 20 heavy (non-hydrogen) atoms. The monoisotopic (exact) mass is 303 g/mol. The zero-order valence-electron chi connectivity index (χ0n) is 11.7. The van der Waals surface area contributed by atoms with Gasteiger partial charge in [0.05, 0.1) is 11.7 Å². The van der Waals surface area contributed by atoms with Crippen LogP contribution in [0.15, 0.2) is 29.4 Å². The summed E-state index contributed by atoms with van der Waals surface area (Å²) in [6.45, 7) is 3.86. The Hall–Kier alpha value is -1.39. The van der Waals surface area contributed by atoms with Gasteiger partial charge in [-0.3, -0.25) is 0 Å². The third kappa shape index (κ3) is 5.31. The van der Waals surface area contributed by atoms with Gasteiger partial charge in [-0.1, -0.05) is 26.0 Å². The lowest BCUT2D eigenvalue weighted by atomic mass is 10.2. The summed E-state index contributed by atoms with van der Waals surface area (Å²) in [7, 11) is -2.64. The Morgan fingerprint density at radius 1 is 1.45 bits per heavy atom. The Bertz CT molecular complexity index is 519. The summed E-state index contributed by atoms with van der Waals surface area (Å²) in [6.07, 6.45) is 0.493. The predicted molar refractivity (Wildman–Crippen MR) is 75.2 cm³/mol. The topological polar surface area (TPSA) is 68.1 Å². The Morgan fingerprint density at radius 2 is 2.10 bits per heavy atom. The van der Waals surface area contributed by atoms with Crippen molar-refractivity contribution in [2.24, 2.45) is 11.1 Å². The molecule has 0 aliphatic carbocycles. The maximum absolute atomic E-state index is 13.7. The normalized spacial score (nSPS) is 15.0. The predicted octanol–water partition coefficient (Wildman–Crippen LogP) is 3.38. The van der Waals surface area contributed by atoms with E-state index in [1.807, 2.05) is 13.8 Å². The molecule has 0 aromatic heterocycles. The summed E-state index contributed by atoms with van der Waals surface area (Å²) in [6, 6.07) is 5.68. The van der Waals surface area contributed by atoms with Crippen LogP contribution in [0.3, 0.4) is 0 Å². The quantitative estimate of drug-likeness (QED) is 0.378. The van der Waals surface area contributed by atoms with E-state index in [0.29, 0.717) is 6.42 Å². The lowest BCUT2D eigenvalue weighted by Crippen LogP contribution is -2.10. The fourth-order valence-electron chi connectivity index (χ4n) is 1.43. The minimum absolute atomic E-state index is 0.0202. The van der Waals surface area contributed by atoms with Crippen molar-refractivity contribution in [1.82, 2.24) is 0 Å². The Labute approximate surface area is 117 Å². The van der Waals surface area contributed by atoms with Gasteiger partial charge in [-0.05, 0) is 29.6 Å². The number of rotatable bonds is 6.